The molecule has 1 aliphatic rings. The van der Waals surface area contributed by atoms with Gasteiger partial charge in [0.2, 0.25) is 0 Å². The summed E-state index contributed by atoms with van der Waals surface area (Å²) in [7, 11) is 1.98. The maximum atomic E-state index is 11.8. The molecule has 1 amide bonds. The Morgan fingerprint density at radius 1 is 1.06 bits per heavy atom. The third-order valence-corrected chi connectivity index (χ3v) is 6.14. The van der Waals surface area contributed by atoms with Crippen LogP contribution in [0.25, 0.3) is 21.7 Å². The Morgan fingerprint density at radius 3 is 2.74 bits per heavy atom. The molecule has 2 N–H and O–H groups in total. The Labute approximate surface area is 200 Å². The molecule has 35 heavy (non-hydrogen) atoms. The first-order chi connectivity index (χ1) is 17.1. The number of nitrogens with zero attached hydrogens (tertiary/aromatic N) is 7. The zero-order valence-electron chi connectivity index (χ0n) is 19.0. The van der Waals surface area contributed by atoms with Crippen LogP contribution in [0.15, 0.2) is 67.3 Å². The van der Waals surface area contributed by atoms with Crippen LogP contribution in [0.1, 0.15) is 5.56 Å². The van der Waals surface area contributed by atoms with E-state index in [-0.39, 0.29) is 6.09 Å². The van der Waals surface area contributed by atoms with Gasteiger partial charge in [-0.3, -0.25) is 9.58 Å². The molecule has 1 fully saturated rings. The van der Waals surface area contributed by atoms with Crippen LogP contribution in [0.5, 0.6) is 0 Å². The minimum Gasteiger partial charge on any atom is -0.447 e. The minimum absolute atomic E-state index is 0.362. The Balaban J connectivity index is 1.28. The fourth-order valence-electron chi connectivity index (χ4n) is 4.31. The summed E-state index contributed by atoms with van der Waals surface area (Å²) in [5.74, 6) is 1.90. The number of ether oxygens (including phenoxy) is 1. The van der Waals surface area contributed by atoms with Crippen molar-refractivity contribution in [2.75, 3.05) is 35.7 Å². The predicted octanol–water partition coefficient (Wildman–Crippen LogP) is 3.73. The number of amides is 1. The molecule has 0 saturated carbocycles. The smallest absolute Gasteiger partial charge is 0.415 e. The van der Waals surface area contributed by atoms with Crippen molar-refractivity contribution >= 4 is 50.9 Å². The second kappa shape index (κ2) is 8.24. The zero-order valence-corrected chi connectivity index (χ0v) is 19.0. The molecule has 1 aliphatic heterocycles. The van der Waals surface area contributed by atoms with Crippen LogP contribution in [0, 0.1) is 0 Å². The molecule has 0 bridgehead atoms. The Morgan fingerprint density at radius 2 is 1.94 bits per heavy atom. The van der Waals surface area contributed by atoms with Gasteiger partial charge in [0, 0.05) is 42.9 Å². The van der Waals surface area contributed by atoms with Gasteiger partial charge in [-0.1, -0.05) is 6.07 Å². The largest absolute Gasteiger partial charge is 0.447 e. The summed E-state index contributed by atoms with van der Waals surface area (Å²) in [5.41, 5.74) is 8.80. The quantitative estimate of drug-likeness (QED) is 0.417. The Bertz CT molecular complexity index is 1560. The highest BCUT2D eigenvalue weighted by Crippen LogP contribution is 2.31. The molecular weight excluding hydrogens is 444 g/mol. The lowest BCUT2D eigenvalue weighted by molar-refractivity contribution is 0.181. The molecule has 10 heteroatoms. The van der Waals surface area contributed by atoms with E-state index >= 15 is 0 Å². The average Bonchev–Trinajstić information content (AvgIpc) is 3.49. The van der Waals surface area contributed by atoms with Crippen LogP contribution in [-0.4, -0.2) is 51.0 Å². The third-order valence-electron chi connectivity index (χ3n) is 6.14. The molecule has 1 saturated heterocycles. The van der Waals surface area contributed by atoms with E-state index in [1.165, 1.54) is 4.90 Å². The minimum atomic E-state index is -0.362. The van der Waals surface area contributed by atoms with Crippen molar-refractivity contribution in [2.45, 2.75) is 6.54 Å². The van der Waals surface area contributed by atoms with Gasteiger partial charge in [-0.2, -0.15) is 5.10 Å². The summed E-state index contributed by atoms with van der Waals surface area (Å²) in [6, 6.07) is 13.7. The van der Waals surface area contributed by atoms with Gasteiger partial charge in [0.05, 0.1) is 24.0 Å². The van der Waals surface area contributed by atoms with E-state index in [0.717, 1.165) is 38.7 Å². The van der Waals surface area contributed by atoms with Crippen LogP contribution in [0.3, 0.4) is 0 Å². The second-order valence-corrected chi connectivity index (χ2v) is 8.35. The van der Waals surface area contributed by atoms with Crippen molar-refractivity contribution < 1.29 is 9.53 Å². The molecule has 1 aromatic carbocycles. The highest BCUT2D eigenvalue weighted by Gasteiger charge is 2.24. The molecule has 10 nitrogen and oxygen atoms in total. The number of pyridine rings is 3. The van der Waals surface area contributed by atoms with Crippen LogP contribution in [0.4, 0.5) is 27.9 Å². The van der Waals surface area contributed by atoms with Gasteiger partial charge in [-0.15, -0.1) is 0 Å². The van der Waals surface area contributed by atoms with E-state index in [2.05, 4.69) is 21.0 Å². The summed E-state index contributed by atoms with van der Waals surface area (Å²) in [6.45, 7) is 1.44. The van der Waals surface area contributed by atoms with E-state index in [1.807, 2.05) is 59.2 Å². The van der Waals surface area contributed by atoms with E-state index in [1.54, 1.807) is 18.6 Å². The topological polar surface area (TPSA) is 115 Å². The predicted molar refractivity (Wildman–Crippen MR) is 134 cm³/mol. The van der Waals surface area contributed by atoms with Crippen molar-refractivity contribution in [2.24, 2.45) is 0 Å². The number of nitrogen functional groups attached to an aromatic ring is 1. The maximum absolute atomic E-state index is 11.8. The first kappa shape index (κ1) is 20.8. The molecule has 0 atom stereocenters. The molecule has 0 spiro atoms. The van der Waals surface area contributed by atoms with Gasteiger partial charge in [0.25, 0.3) is 0 Å². The van der Waals surface area contributed by atoms with E-state index in [4.69, 9.17) is 15.6 Å². The number of rotatable bonds is 5. The van der Waals surface area contributed by atoms with Gasteiger partial charge in [-0.25, -0.2) is 19.7 Å². The molecule has 5 aromatic rings. The number of cyclic esters (lactones) is 1. The van der Waals surface area contributed by atoms with Crippen LogP contribution in [-0.2, 0) is 11.3 Å². The highest BCUT2D eigenvalue weighted by atomic mass is 16.6. The van der Waals surface area contributed by atoms with E-state index < -0.39 is 0 Å². The number of hydrogen-bond donors (Lipinski definition) is 1. The second-order valence-electron chi connectivity index (χ2n) is 8.35. The van der Waals surface area contributed by atoms with Crippen molar-refractivity contribution in [3.63, 3.8) is 0 Å². The van der Waals surface area contributed by atoms with Gasteiger partial charge in [0.1, 0.15) is 24.1 Å². The normalized spacial score (nSPS) is 13.5. The van der Waals surface area contributed by atoms with Crippen LogP contribution in [0.2, 0.25) is 0 Å². The molecule has 6 rings (SSSR count). The number of anilines is 4. The summed E-state index contributed by atoms with van der Waals surface area (Å²) in [6.07, 6.45) is 6.86. The lowest BCUT2D eigenvalue weighted by Crippen LogP contribution is -2.24. The molecule has 5 heterocycles. The Hall–Kier alpha value is -4.73. The molecule has 0 aliphatic carbocycles. The van der Waals surface area contributed by atoms with Gasteiger partial charge in [-0.05, 0) is 47.3 Å². The summed E-state index contributed by atoms with van der Waals surface area (Å²) in [4.78, 5) is 28.5. The number of nitrogens with two attached hydrogens (primary N) is 1. The van der Waals surface area contributed by atoms with E-state index in [0.29, 0.717) is 31.3 Å². The molecule has 0 unspecified atom stereocenters. The first-order valence-electron chi connectivity index (χ1n) is 11.2. The molecule has 4 aromatic heterocycles. The summed E-state index contributed by atoms with van der Waals surface area (Å²) >= 11 is 0. The SMILES string of the molecule is CN(c1ccc2c(N)nccc2c1)c1nccc2nn(Cc3ccc(N4CCOC4=O)nc3)cc12. The molecule has 174 valence electrons. The van der Waals surface area contributed by atoms with Gasteiger partial charge in [0.15, 0.2) is 0 Å². The fraction of sp³-hybridized carbons (Fsp3) is 0.160. The number of benzene rings is 1. The third kappa shape index (κ3) is 3.74. The zero-order chi connectivity index (χ0) is 23.9. The molecular formula is C25H22N8O2. The van der Waals surface area contributed by atoms with Gasteiger partial charge < -0.3 is 15.4 Å². The van der Waals surface area contributed by atoms with Crippen molar-refractivity contribution in [1.29, 1.82) is 0 Å². The molecule has 0 radical (unpaired) electrons. The lowest BCUT2D eigenvalue weighted by Gasteiger charge is -2.19. The number of aromatic nitrogens is 5. The van der Waals surface area contributed by atoms with Crippen LogP contribution < -0.4 is 15.5 Å². The summed E-state index contributed by atoms with van der Waals surface area (Å²) in [5, 5.41) is 7.61. The monoisotopic (exact) mass is 466 g/mol. The van der Waals surface area contributed by atoms with E-state index in [9.17, 15) is 4.79 Å². The first-order valence-corrected chi connectivity index (χ1v) is 11.2. The average molecular weight is 467 g/mol. The Kier molecular flexibility index (Phi) is 4.91. The van der Waals surface area contributed by atoms with Crippen molar-refractivity contribution in [1.82, 2.24) is 24.7 Å². The maximum Gasteiger partial charge on any atom is 0.415 e. The standard InChI is InChI=1S/C25H22N8O2/c1-31(18-3-4-19-17(12-18)6-8-27-23(19)26)24-20-15-32(30-21(20)7-9-28-24)14-16-2-5-22(29-13-16)33-10-11-35-25(33)34/h2-9,12-13,15H,10-11,14H2,1H3,(H2,26,27). The number of carbonyl (C=O) groups excluding carboxylic acids is 1. The number of fused-ring (bicyclic) bond motifs is 2. The highest BCUT2D eigenvalue weighted by molar-refractivity contribution is 5.95. The van der Waals surface area contributed by atoms with Crippen molar-refractivity contribution in [3.8, 4) is 0 Å². The lowest BCUT2D eigenvalue weighted by atomic mass is 10.1. The van der Waals surface area contributed by atoms with Crippen LogP contribution >= 0.6 is 0 Å². The fourth-order valence-corrected chi connectivity index (χ4v) is 4.31. The number of hydrogen-bond acceptors (Lipinski definition) is 8. The van der Waals surface area contributed by atoms with Gasteiger partial charge >= 0.3 is 6.09 Å². The summed E-state index contributed by atoms with van der Waals surface area (Å²) < 4.78 is 6.86. The number of carbonyl (C=O) groups is 1. The van der Waals surface area contributed by atoms with Crippen molar-refractivity contribution in [3.05, 3.63) is 72.8 Å².